The molecule has 0 aliphatic carbocycles. The maximum absolute atomic E-state index is 10.1. The molecule has 0 radical (unpaired) electrons. The summed E-state index contributed by atoms with van der Waals surface area (Å²) in [5.74, 6) is 0. The lowest BCUT2D eigenvalue weighted by atomic mass is 10.00. The van der Waals surface area contributed by atoms with Crippen LogP contribution >= 0.6 is 0 Å². The molecule has 0 bridgehead atoms. The van der Waals surface area contributed by atoms with Crippen molar-refractivity contribution < 1.29 is 9.84 Å². The molecule has 1 aliphatic rings. The maximum atomic E-state index is 10.1. The lowest BCUT2D eigenvalue weighted by Crippen LogP contribution is -2.49. The van der Waals surface area contributed by atoms with E-state index in [1.54, 1.807) is 7.11 Å². The SMILES string of the molecule is COC1CCN(CC(O)CNC(C)(C)C)C(C)C1. The lowest BCUT2D eigenvalue weighted by Gasteiger charge is -2.38. The molecular formula is C14H30N2O2. The van der Waals surface area contributed by atoms with E-state index in [-0.39, 0.29) is 11.6 Å². The monoisotopic (exact) mass is 258 g/mol. The molecule has 3 unspecified atom stereocenters. The number of likely N-dealkylation sites (tertiary alicyclic amines) is 1. The molecular weight excluding hydrogens is 228 g/mol. The van der Waals surface area contributed by atoms with Crippen molar-refractivity contribution in [3.63, 3.8) is 0 Å². The summed E-state index contributed by atoms with van der Waals surface area (Å²) in [6.45, 7) is 11.0. The number of rotatable bonds is 5. The third-order valence-corrected chi connectivity index (χ3v) is 3.61. The Hall–Kier alpha value is -0.160. The van der Waals surface area contributed by atoms with Crippen LogP contribution in [0, 0.1) is 0 Å². The van der Waals surface area contributed by atoms with Gasteiger partial charge in [-0.25, -0.2) is 0 Å². The van der Waals surface area contributed by atoms with E-state index in [9.17, 15) is 5.11 Å². The second-order valence-electron chi connectivity index (χ2n) is 6.51. The number of aliphatic hydroxyl groups excluding tert-OH is 1. The first-order valence-electron chi connectivity index (χ1n) is 7.01. The first-order chi connectivity index (χ1) is 8.31. The Bertz CT molecular complexity index is 240. The molecule has 1 rings (SSSR count). The largest absolute Gasteiger partial charge is 0.390 e. The van der Waals surface area contributed by atoms with Gasteiger partial charge in [-0.05, 0) is 40.5 Å². The molecule has 0 amide bonds. The maximum Gasteiger partial charge on any atom is 0.0791 e. The van der Waals surface area contributed by atoms with Gasteiger partial charge in [0.25, 0.3) is 0 Å². The summed E-state index contributed by atoms with van der Waals surface area (Å²) in [7, 11) is 1.79. The van der Waals surface area contributed by atoms with E-state index in [2.05, 4.69) is 37.9 Å². The summed E-state index contributed by atoms with van der Waals surface area (Å²) in [6.07, 6.45) is 2.22. The molecule has 4 heteroatoms. The number of nitrogens with one attached hydrogen (secondary N) is 1. The molecule has 0 aromatic heterocycles. The summed E-state index contributed by atoms with van der Waals surface area (Å²) in [5, 5.41) is 13.4. The number of β-amino-alcohol motifs (C(OH)–C–C–N with tert-alkyl or cyclic N) is 1. The van der Waals surface area contributed by atoms with Crippen molar-refractivity contribution in [2.45, 2.75) is 64.3 Å². The molecule has 0 saturated carbocycles. The molecule has 108 valence electrons. The number of aliphatic hydroxyl groups is 1. The standard InChI is InChI=1S/C14H30N2O2/c1-11-8-13(18-5)6-7-16(11)10-12(17)9-15-14(2,3)4/h11-13,15,17H,6-10H2,1-5H3. The Morgan fingerprint density at radius 3 is 2.61 bits per heavy atom. The Morgan fingerprint density at radius 1 is 1.44 bits per heavy atom. The minimum Gasteiger partial charge on any atom is -0.390 e. The van der Waals surface area contributed by atoms with Crippen molar-refractivity contribution in [2.75, 3.05) is 26.7 Å². The molecule has 1 saturated heterocycles. The van der Waals surface area contributed by atoms with E-state index < -0.39 is 0 Å². The summed E-state index contributed by atoms with van der Waals surface area (Å²) in [5.41, 5.74) is 0.0651. The lowest BCUT2D eigenvalue weighted by molar-refractivity contribution is -0.00193. The van der Waals surface area contributed by atoms with Crippen molar-refractivity contribution in [2.24, 2.45) is 0 Å². The van der Waals surface area contributed by atoms with Gasteiger partial charge in [-0.1, -0.05) is 0 Å². The topological polar surface area (TPSA) is 44.7 Å². The third-order valence-electron chi connectivity index (χ3n) is 3.61. The summed E-state index contributed by atoms with van der Waals surface area (Å²) >= 11 is 0. The Kier molecular flexibility index (Phi) is 6.05. The number of piperidine rings is 1. The molecule has 1 fully saturated rings. The third kappa shape index (κ3) is 5.65. The van der Waals surface area contributed by atoms with Gasteiger partial charge in [0.15, 0.2) is 0 Å². The van der Waals surface area contributed by atoms with Gasteiger partial charge in [0.2, 0.25) is 0 Å². The van der Waals surface area contributed by atoms with Gasteiger partial charge in [-0.2, -0.15) is 0 Å². The van der Waals surface area contributed by atoms with Gasteiger partial charge in [0.05, 0.1) is 12.2 Å². The van der Waals surface area contributed by atoms with E-state index >= 15 is 0 Å². The van der Waals surface area contributed by atoms with E-state index in [1.165, 1.54) is 0 Å². The molecule has 1 aliphatic heterocycles. The summed E-state index contributed by atoms with van der Waals surface area (Å²) in [4.78, 5) is 2.37. The fourth-order valence-electron chi connectivity index (χ4n) is 2.42. The van der Waals surface area contributed by atoms with Crippen LogP contribution in [0.2, 0.25) is 0 Å². The van der Waals surface area contributed by atoms with Crippen LogP contribution in [-0.2, 0) is 4.74 Å². The number of methoxy groups -OCH3 is 1. The predicted molar refractivity (Wildman–Crippen MR) is 74.8 cm³/mol. The zero-order valence-corrected chi connectivity index (χ0v) is 12.6. The van der Waals surface area contributed by atoms with Crippen molar-refractivity contribution >= 4 is 0 Å². The van der Waals surface area contributed by atoms with E-state index in [0.717, 1.165) is 25.9 Å². The van der Waals surface area contributed by atoms with Crippen molar-refractivity contribution in [1.29, 1.82) is 0 Å². The van der Waals surface area contributed by atoms with E-state index in [0.29, 0.717) is 18.7 Å². The number of hydrogen-bond acceptors (Lipinski definition) is 4. The Labute approximate surface area is 112 Å². The fourth-order valence-corrected chi connectivity index (χ4v) is 2.42. The average molecular weight is 258 g/mol. The van der Waals surface area contributed by atoms with Crippen LogP contribution in [0.25, 0.3) is 0 Å². The van der Waals surface area contributed by atoms with Crippen LogP contribution in [0.5, 0.6) is 0 Å². The van der Waals surface area contributed by atoms with Crippen molar-refractivity contribution in [3.05, 3.63) is 0 Å². The first-order valence-corrected chi connectivity index (χ1v) is 7.01. The van der Waals surface area contributed by atoms with Gasteiger partial charge in [-0.15, -0.1) is 0 Å². The zero-order valence-electron chi connectivity index (χ0n) is 12.6. The minimum absolute atomic E-state index is 0.0651. The molecule has 18 heavy (non-hydrogen) atoms. The average Bonchev–Trinajstić information content (AvgIpc) is 2.28. The predicted octanol–water partition coefficient (Wildman–Crippen LogP) is 1.23. The van der Waals surface area contributed by atoms with Gasteiger partial charge in [0.1, 0.15) is 0 Å². The highest BCUT2D eigenvalue weighted by Crippen LogP contribution is 2.19. The smallest absolute Gasteiger partial charge is 0.0791 e. The Morgan fingerprint density at radius 2 is 2.11 bits per heavy atom. The van der Waals surface area contributed by atoms with Crippen LogP contribution < -0.4 is 5.32 Å². The van der Waals surface area contributed by atoms with Crippen LogP contribution in [0.3, 0.4) is 0 Å². The van der Waals surface area contributed by atoms with Crippen LogP contribution in [0.15, 0.2) is 0 Å². The highest BCUT2D eigenvalue weighted by Gasteiger charge is 2.26. The normalized spacial score (nSPS) is 28.3. The molecule has 4 nitrogen and oxygen atoms in total. The van der Waals surface area contributed by atoms with Crippen LogP contribution in [-0.4, -0.2) is 60.5 Å². The quantitative estimate of drug-likeness (QED) is 0.779. The number of nitrogens with zero attached hydrogens (tertiary/aromatic N) is 1. The van der Waals surface area contributed by atoms with Gasteiger partial charge >= 0.3 is 0 Å². The number of ether oxygens (including phenoxy) is 1. The molecule has 0 aromatic carbocycles. The molecule has 1 heterocycles. The van der Waals surface area contributed by atoms with Crippen molar-refractivity contribution in [3.8, 4) is 0 Å². The van der Waals surface area contributed by atoms with Gasteiger partial charge in [-0.3, -0.25) is 4.90 Å². The minimum atomic E-state index is -0.300. The van der Waals surface area contributed by atoms with E-state index in [1.807, 2.05) is 0 Å². The summed E-state index contributed by atoms with van der Waals surface area (Å²) in [6, 6.07) is 0.494. The molecule has 2 N–H and O–H groups in total. The molecule has 0 spiro atoms. The second kappa shape index (κ2) is 6.85. The molecule has 3 atom stereocenters. The number of hydrogen-bond donors (Lipinski definition) is 2. The zero-order chi connectivity index (χ0) is 13.8. The van der Waals surface area contributed by atoms with Gasteiger partial charge < -0.3 is 15.2 Å². The van der Waals surface area contributed by atoms with E-state index in [4.69, 9.17) is 4.74 Å². The summed E-state index contributed by atoms with van der Waals surface area (Å²) < 4.78 is 5.41. The first kappa shape index (κ1) is 15.9. The Balaban J connectivity index is 2.29. The second-order valence-corrected chi connectivity index (χ2v) is 6.51. The van der Waals surface area contributed by atoms with Crippen LogP contribution in [0.1, 0.15) is 40.5 Å². The van der Waals surface area contributed by atoms with Crippen molar-refractivity contribution in [1.82, 2.24) is 10.2 Å². The van der Waals surface area contributed by atoms with Crippen LogP contribution in [0.4, 0.5) is 0 Å². The highest BCUT2D eigenvalue weighted by molar-refractivity contribution is 4.82. The van der Waals surface area contributed by atoms with Gasteiger partial charge in [0, 0.05) is 38.3 Å². The molecule has 0 aromatic rings. The fraction of sp³-hybridized carbons (Fsp3) is 1.00. The highest BCUT2D eigenvalue weighted by atomic mass is 16.5.